The van der Waals surface area contributed by atoms with Gasteiger partial charge in [0, 0.05) is 40.5 Å². The molecule has 1 aliphatic rings. The van der Waals surface area contributed by atoms with Gasteiger partial charge in [-0.2, -0.15) is 0 Å². The lowest BCUT2D eigenvalue weighted by atomic mass is 9.78. The minimum atomic E-state index is -0.713. The predicted octanol–water partition coefficient (Wildman–Crippen LogP) is 0.564. The van der Waals surface area contributed by atoms with Gasteiger partial charge >= 0.3 is 0 Å². The summed E-state index contributed by atoms with van der Waals surface area (Å²) in [5.74, 6) is 0.00871. The largest absolute Gasteiger partial charge is 0.392 e. The lowest BCUT2D eigenvalue weighted by Crippen LogP contribution is -2.52. The molecule has 0 aliphatic carbocycles. The normalized spacial score (nSPS) is 18.3. The number of carbonyl (C=O) groups excluding carboxylic acids is 1. The highest BCUT2D eigenvalue weighted by molar-refractivity contribution is 7.80. The number of ether oxygens (including phenoxy) is 2. The quantitative estimate of drug-likeness (QED) is 0.566. The van der Waals surface area contributed by atoms with E-state index < -0.39 is 5.41 Å². The van der Waals surface area contributed by atoms with Gasteiger partial charge in [-0.1, -0.05) is 12.2 Å². The Morgan fingerprint density at radius 3 is 2.61 bits per heavy atom. The molecule has 0 radical (unpaired) electrons. The van der Waals surface area contributed by atoms with Crippen molar-refractivity contribution in [3.8, 4) is 0 Å². The van der Waals surface area contributed by atoms with Crippen LogP contribution >= 0.6 is 12.2 Å². The van der Waals surface area contributed by atoms with Crippen molar-refractivity contribution >= 4 is 23.1 Å². The average Bonchev–Trinajstić information content (AvgIpc) is 2.38. The summed E-state index contributed by atoms with van der Waals surface area (Å²) in [6.45, 7) is 2.36. The molecule has 104 valence electrons. The maximum absolute atomic E-state index is 12.5. The van der Waals surface area contributed by atoms with Crippen LogP contribution in [0, 0.1) is 5.41 Å². The topological polar surface area (TPSA) is 64.8 Å². The maximum Gasteiger partial charge on any atom is 0.235 e. The summed E-state index contributed by atoms with van der Waals surface area (Å²) in [4.78, 5) is 14.5. The lowest BCUT2D eigenvalue weighted by Gasteiger charge is -2.37. The van der Waals surface area contributed by atoms with Gasteiger partial charge in [0.15, 0.2) is 0 Å². The molecule has 0 atom stereocenters. The fourth-order valence-corrected chi connectivity index (χ4v) is 2.49. The fraction of sp³-hybridized carbons (Fsp3) is 0.833. The van der Waals surface area contributed by atoms with Crippen LogP contribution in [0.15, 0.2) is 0 Å². The minimum absolute atomic E-state index is 0.00871. The van der Waals surface area contributed by atoms with E-state index >= 15 is 0 Å². The van der Waals surface area contributed by atoms with Gasteiger partial charge in [-0.15, -0.1) is 0 Å². The van der Waals surface area contributed by atoms with Gasteiger partial charge in [0.2, 0.25) is 5.91 Å². The van der Waals surface area contributed by atoms with E-state index in [9.17, 15) is 4.79 Å². The van der Waals surface area contributed by atoms with Crippen LogP contribution in [0.1, 0.15) is 19.3 Å². The van der Waals surface area contributed by atoms with Crippen molar-refractivity contribution in [1.29, 1.82) is 0 Å². The number of rotatable bonds is 6. The highest BCUT2D eigenvalue weighted by atomic mass is 32.1. The van der Waals surface area contributed by atoms with Crippen LogP contribution in [0.5, 0.6) is 0 Å². The summed E-state index contributed by atoms with van der Waals surface area (Å²) in [6, 6.07) is 0. The second-order valence-corrected chi connectivity index (χ2v) is 5.07. The van der Waals surface area contributed by atoms with Crippen molar-refractivity contribution in [2.24, 2.45) is 11.1 Å². The van der Waals surface area contributed by atoms with Crippen molar-refractivity contribution in [2.45, 2.75) is 19.3 Å². The summed E-state index contributed by atoms with van der Waals surface area (Å²) >= 11 is 5.11. The van der Waals surface area contributed by atoms with E-state index in [1.54, 1.807) is 19.1 Å². The van der Waals surface area contributed by atoms with Crippen molar-refractivity contribution in [1.82, 2.24) is 4.90 Å². The molecular weight excluding hydrogens is 252 g/mol. The zero-order valence-electron chi connectivity index (χ0n) is 11.1. The number of amides is 1. The molecule has 5 nitrogen and oxygen atoms in total. The van der Waals surface area contributed by atoms with E-state index in [1.165, 1.54) is 0 Å². The van der Waals surface area contributed by atoms with Crippen LogP contribution in [-0.4, -0.2) is 56.3 Å². The molecule has 0 saturated carbocycles. The van der Waals surface area contributed by atoms with E-state index in [0.717, 1.165) is 6.42 Å². The summed E-state index contributed by atoms with van der Waals surface area (Å²) in [6.07, 6.45) is 1.97. The molecule has 1 saturated heterocycles. The van der Waals surface area contributed by atoms with Crippen LogP contribution in [-0.2, 0) is 14.3 Å². The van der Waals surface area contributed by atoms with Gasteiger partial charge in [-0.05, 0) is 19.3 Å². The number of carbonyl (C=O) groups is 1. The SMILES string of the molecule is COCCCN(C)C(=O)C1(C(N)=S)CCOCC1. The van der Waals surface area contributed by atoms with Crippen LogP contribution in [0.4, 0.5) is 0 Å². The third kappa shape index (κ3) is 3.40. The van der Waals surface area contributed by atoms with Gasteiger partial charge in [-0.3, -0.25) is 4.79 Å². The van der Waals surface area contributed by atoms with Crippen molar-refractivity contribution in [2.75, 3.05) is 40.5 Å². The first-order valence-electron chi connectivity index (χ1n) is 6.17. The van der Waals surface area contributed by atoms with E-state index in [0.29, 0.717) is 39.2 Å². The Labute approximate surface area is 114 Å². The van der Waals surface area contributed by atoms with Crippen LogP contribution in [0.2, 0.25) is 0 Å². The third-order valence-electron chi connectivity index (χ3n) is 3.42. The molecule has 1 heterocycles. The molecule has 2 N–H and O–H groups in total. The van der Waals surface area contributed by atoms with Crippen LogP contribution in [0.25, 0.3) is 0 Å². The molecule has 0 aromatic rings. The summed E-state index contributed by atoms with van der Waals surface area (Å²) in [5.41, 5.74) is 5.09. The van der Waals surface area contributed by atoms with Crippen molar-refractivity contribution in [3.63, 3.8) is 0 Å². The summed E-state index contributed by atoms with van der Waals surface area (Å²) in [7, 11) is 3.43. The van der Waals surface area contributed by atoms with Gasteiger partial charge in [0.25, 0.3) is 0 Å². The molecule has 18 heavy (non-hydrogen) atoms. The molecule has 1 aliphatic heterocycles. The zero-order chi connectivity index (χ0) is 13.6. The third-order valence-corrected chi connectivity index (χ3v) is 3.81. The highest BCUT2D eigenvalue weighted by Gasteiger charge is 2.44. The van der Waals surface area contributed by atoms with Gasteiger partial charge in [0.1, 0.15) is 5.41 Å². The highest BCUT2D eigenvalue weighted by Crippen LogP contribution is 2.33. The number of nitrogens with zero attached hydrogens (tertiary/aromatic N) is 1. The minimum Gasteiger partial charge on any atom is -0.392 e. The Bertz CT molecular complexity index is 304. The Balaban J connectivity index is 2.67. The predicted molar refractivity (Wildman–Crippen MR) is 73.4 cm³/mol. The molecule has 0 spiro atoms. The maximum atomic E-state index is 12.5. The number of hydrogen-bond acceptors (Lipinski definition) is 4. The molecule has 0 bridgehead atoms. The molecule has 1 rings (SSSR count). The fourth-order valence-electron chi connectivity index (χ4n) is 2.20. The molecule has 0 unspecified atom stereocenters. The van der Waals surface area contributed by atoms with Crippen LogP contribution in [0.3, 0.4) is 0 Å². The van der Waals surface area contributed by atoms with E-state index in [1.807, 2.05) is 0 Å². The molecular formula is C12H22N2O3S. The summed E-state index contributed by atoms with van der Waals surface area (Å²) < 4.78 is 10.3. The monoisotopic (exact) mass is 274 g/mol. The smallest absolute Gasteiger partial charge is 0.235 e. The van der Waals surface area contributed by atoms with E-state index in [2.05, 4.69) is 0 Å². The van der Waals surface area contributed by atoms with E-state index in [-0.39, 0.29) is 10.9 Å². The second-order valence-electron chi connectivity index (χ2n) is 4.63. The number of thiocarbonyl (C=S) groups is 1. The van der Waals surface area contributed by atoms with Gasteiger partial charge in [-0.25, -0.2) is 0 Å². The first-order chi connectivity index (χ1) is 8.54. The van der Waals surface area contributed by atoms with Crippen LogP contribution < -0.4 is 5.73 Å². The first-order valence-corrected chi connectivity index (χ1v) is 6.57. The molecule has 6 heteroatoms. The molecule has 1 fully saturated rings. The van der Waals surface area contributed by atoms with Crippen molar-refractivity contribution < 1.29 is 14.3 Å². The van der Waals surface area contributed by atoms with Gasteiger partial charge in [0.05, 0.1) is 4.99 Å². The van der Waals surface area contributed by atoms with E-state index in [4.69, 9.17) is 27.4 Å². The number of methoxy groups -OCH3 is 1. The van der Waals surface area contributed by atoms with Gasteiger partial charge < -0.3 is 20.1 Å². The molecule has 0 aromatic carbocycles. The lowest BCUT2D eigenvalue weighted by molar-refractivity contribution is -0.141. The number of nitrogens with two attached hydrogens (primary N) is 1. The Morgan fingerprint density at radius 2 is 2.11 bits per heavy atom. The Hall–Kier alpha value is -0.720. The average molecular weight is 274 g/mol. The Kier molecular flexibility index (Phi) is 5.98. The van der Waals surface area contributed by atoms with Crippen molar-refractivity contribution in [3.05, 3.63) is 0 Å². The molecule has 0 aromatic heterocycles. The first kappa shape index (κ1) is 15.3. The summed E-state index contributed by atoms with van der Waals surface area (Å²) in [5, 5.41) is 0. The standard InChI is InChI=1S/C12H22N2O3S/c1-14(6-3-7-16-2)11(15)12(10(13)18)4-8-17-9-5-12/h3-9H2,1-2H3,(H2,13,18). The zero-order valence-corrected chi connectivity index (χ0v) is 11.9. The second kappa shape index (κ2) is 7.01. The number of hydrogen-bond donors (Lipinski definition) is 1. The molecule has 1 amide bonds. The Morgan fingerprint density at radius 1 is 1.50 bits per heavy atom.